The largest absolute Gasteiger partial charge is 0.478 e. The zero-order valence-electron chi connectivity index (χ0n) is 19.1. The van der Waals surface area contributed by atoms with Crippen molar-refractivity contribution >= 4 is 17.6 Å². The first-order valence-corrected chi connectivity index (χ1v) is 11.2. The second kappa shape index (κ2) is 11.1. The molecule has 1 aliphatic heterocycles. The quantitative estimate of drug-likeness (QED) is 0.294. The molecular formula is C25H33N5O3. The summed E-state index contributed by atoms with van der Waals surface area (Å²) in [6.07, 6.45) is 1.99. The molecule has 2 aromatic rings. The van der Waals surface area contributed by atoms with E-state index in [9.17, 15) is 15.0 Å². The summed E-state index contributed by atoms with van der Waals surface area (Å²) in [7, 11) is 0. The van der Waals surface area contributed by atoms with Crippen molar-refractivity contribution in [2.75, 3.05) is 32.8 Å². The molecule has 33 heavy (non-hydrogen) atoms. The standard InChI is InChI=1S/C25H33N5O3/c1-17(26)30-7-5-18(6-8-30)15-29(9-10-31)16-19-11-22(14-23(12-19)25(32)33)20-3-2-4-21(13-20)24(27)28/h2-4,11-14,18,26,31H,5-10,15-16H2,1H3,(H3,27,28)(H,32,33). The first-order chi connectivity index (χ1) is 15.8. The molecule has 176 valence electrons. The zero-order valence-corrected chi connectivity index (χ0v) is 19.1. The average Bonchev–Trinajstić information content (AvgIpc) is 2.79. The fraction of sp³-hybridized carbons (Fsp3) is 0.400. The van der Waals surface area contributed by atoms with Crippen LogP contribution in [0, 0.1) is 16.7 Å². The second-order valence-electron chi connectivity index (χ2n) is 8.69. The SMILES string of the molecule is CC(=N)N1CCC(CN(CCO)Cc2cc(C(=O)O)cc(-c3cccc(C(=N)N)c3)c2)CC1. The third kappa shape index (κ3) is 6.63. The van der Waals surface area contributed by atoms with E-state index in [1.807, 2.05) is 19.1 Å². The molecule has 8 heteroatoms. The molecule has 0 spiro atoms. The van der Waals surface area contributed by atoms with Gasteiger partial charge in [0.1, 0.15) is 5.84 Å². The van der Waals surface area contributed by atoms with Crippen molar-refractivity contribution in [1.29, 1.82) is 10.8 Å². The third-order valence-corrected chi connectivity index (χ3v) is 6.17. The van der Waals surface area contributed by atoms with Crippen molar-refractivity contribution < 1.29 is 15.0 Å². The topological polar surface area (TPSA) is 138 Å². The number of carboxylic acid groups (broad SMARTS) is 1. The molecule has 0 saturated carbocycles. The molecule has 1 heterocycles. The number of nitrogen functional groups attached to an aromatic ring is 1. The molecule has 0 bridgehead atoms. The van der Waals surface area contributed by atoms with E-state index in [1.54, 1.807) is 30.3 Å². The van der Waals surface area contributed by atoms with Crippen molar-refractivity contribution in [2.24, 2.45) is 11.7 Å². The van der Waals surface area contributed by atoms with Crippen molar-refractivity contribution in [3.8, 4) is 11.1 Å². The van der Waals surface area contributed by atoms with E-state index in [0.717, 1.165) is 49.2 Å². The molecule has 0 amide bonds. The summed E-state index contributed by atoms with van der Waals surface area (Å²) >= 11 is 0. The van der Waals surface area contributed by atoms with E-state index in [1.165, 1.54) is 0 Å². The Morgan fingerprint density at radius 1 is 1.12 bits per heavy atom. The van der Waals surface area contributed by atoms with Gasteiger partial charge in [-0.25, -0.2) is 4.79 Å². The van der Waals surface area contributed by atoms with Crippen molar-refractivity contribution in [3.05, 3.63) is 59.2 Å². The molecule has 0 unspecified atom stereocenters. The van der Waals surface area contributed by atoms with Gasteiger partial charge in [0.05, 0.1) is 18.0 Å². The molecule has 0 aliphatic carbocycles. The van der Waals surface area contributed by atoms with E-state index in [4.69, 9.17) is 16.6 Å². The molecule has 1 aliphatic rings. The molecular weight excluding hydrogens is 418 g/mol. The number of nitrogens with zero attached hydrogens (tertiary/aromatic N) is 2. The minimum atomic E-state index is -0.996. The van der Waals surface area contributed by atoms with Crippen LogP contribution >= 0.6 is 0 Å². The number of nitrogens with two attached hydrogens (primary N) is 1. The van der Waals surface area contributed by atoms with Crippen molar-refractivity contribution in [1.82, 2.24) is 9.80 Å². The fourth-order valence-corrected chi connectivity index (χ4v) is 4.39. The van der Waals surface area contributed by atoms with Gasteiger partial charge >= 0.3 is 5.97 Å². The van der Waals surface area contributed by atoms with Crippen LogP contribution in [0.15, 0.2) is 42.5 Å². The average molecular weight is 452 g/mol. The van der Waals surface area contributed by atoms with Gasteiger partial charge in [-0.2, -0.15) is 0 Å². The number of carbonyl (C=O) groups is 1. The van der Waals surface area contributed by atoms with E-state index < -0.39 is 5.97 Å². The monoisotopic (exact) mass is 451 g/mol. The summed E-state index contributed by atoms with van der Waals surface area (Å²) in [6.45, 7) is 5.46. The predicted octanol–water partition coefficient (Wildman–Crippen LogP) is 2.84. The smallest absolute Gasteiger partial charge is 0.335 e. The number of benzene rings is 2. The van der Waals surface area contributed by atoms with Crippen LogP contribution in [0.4, 0.5) is 0 Å². The number of hydrogen-bond acceptors (Lipinski definition) is 5. The first-order valence-electron chi connectivity index (χ1n) is 11.2. The molecule has 0 atom stereocenters. The van der Waals surface area contributed by atoms with E-state index in [2.05, 4.69) is 9.80 Å². The summed E-state index contributed by atoms with van der Waals surface area (Å²) in [6, 6.07) is 12.5. The van der Waals surface area contributed by atoms with Gasteiger partial charge in [0.25, 0.3) is 0 Å². The van der Waals surface area contributed by atoms with Crippen LogP contribution in [0.3, 0.4) is 0 Å². The number of aliphatic hydroxyl groups excluding tert-OH is 1. The predicted molar refractivity (Wildman–Crippen MR) is 130 cm³/mol. The Morgan fingerprint density at radius 2 is 1.82 bits per heavy atom. The maximum atomic E-state index is 11.8. The van der Waals surface area contributed by atoms with E-state index in [0.29, 0.717) is 30.4 Å². The lowest BCUT2D eigenvalue weighted by Crippen LogP contribution is -2.41. The van der Waals surface area contributed by atoms with Gasteiger partial charge in [0.2, 0.25) is 0 Å². The van der Waals surface area contributed by atoms with Gasteiger partial charge in [0.15, 0.2) is 0 Å². The minimum Gasteiger partial charge on any atom is -0.478 e. The molecule has 0 radical (unpaired) electrons. The van der Waals surface area contributed by atoms with Gasteiger partial charge in [-0.1, -0.05) is 18.2 Å². The normalized spacial score (nSPS) is 14.5. The van der Waals surface area contributed by atoms with E-state index >= 15 is 0 Å². The number of piperidine rings is 1. The van der Waals surface area contributed by atoms with Crippen LogP contribution in [0.25, 0.3) is 11.1 Å². The second-order valence-corrected chi connectivity index (χ2v) is 8.69. The van der Waals surface area contributed by atoms with Gasteiger partial charge in [0, 0.05) is 38.3 Å². The fourth-order valence-electron chi connectivity index (χ4n) is 4.39. The molecule has 1 fully saturated rings. The summed E-state index contributed by atoms with van der Waals surface area (Å²) < 4.78 is 0. The number of hydrogen-bond donors (Lipinski definition) is 5. The number of nitrogens with one attached hydrogen (secondary N) is 2. The summed E-state index contributed by atoms with van der Waals surface area (Å²) in [4.78, 5) is 16.1. The minimum absolute atomic E-state index is 0.0323. The molecule has 3 rings (SSSR count). The lowest BCUT2D eigenvalue weighted by molar-refractivity contribution is 0.0696. The van der Waals surface area contributed by atoms with Gasteiger partial charge < -0.3 is 20.8 Å². The van der Waals surface area contributed by atoms with Crippen LogP contribution < -0.4 is 5.73 Å². The molecule has 0 aromatic heterocycles. The van der Waals surface area contributed by atoms with Crippen molar-refractivity contribution in [2.45, 2.75) is 26.3 Å². The van der Waals surface area contributed by atoms with Gasteiger partial charge in [-0.05, 0) is 66.6 Å². The van der Waals surface area contributed by atoms with E-state index in [-0.39, 0.29) is 18.0 Å². The highest BCUT2D eigenvalue weighted by atomic mass is 16.4. The lowest BCUT2D eigenvalue weighted by atomic mass is 9.95. The Kier molecular flexibility index (Phi) is 8.19. The number of aliphatic hydroxyl groups is 1. The number of likely N-dealkylation sites (tertiary alicyclic amines) is 1. The zero-order chi connectivity index (χ0) is 24.0. The lowest BCUT2D eigenvalue weighted by Gasteiger charge is -2.35. The number of carboxylic acids is 1. The molecule has 1 saturated heterocycles. The Hall–Kier alpha value is -3.23. The third-order valence-electron chi connectivity index (χ3n) is 6.17. The number of aromatic carboxylic acids is 1. The molecule has 2 aromatic carbocycles. The summed E-state index contributed by atoms with van der Waals surface area (Å²) in [5.41, 5.74) is 8.83. The van der Waals surface area contributed by atoms with Crippen LogP contribution in [0.2, 0.25) is 0 Å². The first kappa shape index (κ1) is 24.4. The Morgan fingerprint density at radius 3 is 2.42 bits per heavy atom. The molecule has 6 N–H and O–H groups in total. The summed E-state index contributed by atoms with van der Waals surface area (Å²) in [5, 5.41) is 34.8. The van der Waals surface area contributed by atoms with Crippen LogP contribution in [-0.4, -0.2) is 70.4 Å². The Labute approximate surface area is 194 Å². The summed E-state index contributed by atoms with van der Waals surface area (Å²) in [5.74, 6) is 0.0443. The highest BCUT2D eigenvalue weighted by Crippen LogP contribution is 2.25. The highest BCUT2D eigenvalue weighted by molar-refractivity contribution is 5.96. The Bertz CT molecular complexity index is 1010. The maximum absolute atomic E-state index is 11.8. The highest BCUT2D eigenvalue weighted by Gasteiger charge is 2.22. The Balaban J connectivity index is 1.81. The maximum Gasteiger partial charge on any atom is 0.335 e. The van der Waals surface area contributed by atoms with Crippen LogP contribution in [0.1, 0.15) is 41.3 Å². The number of amidine groups is 2. The van der Waals surface area contributed by atoms with Crippen LogP contribution in [0.5, 0.6) is 0 Å². The van der Waals surface area contributed by atoms with Crippen molar-refractivity contribution in [3.63, 3.8) is 0 Å². The van der Waals surface area contributed by atoms with Crippen LogP contribution in [-0.2, 0) is 6.54 Å². The van der Waals surface area contributed by atoms with Gasteiger partial charge in [-0.15, -0.1) is 0 Å². The molecule has 8 nitrogen and oxygen atoms in total. The number of rotatable bonds is 9. The van der Waals surface area contributed by atoms with Gasteiger partial charge in [-0.3, -0.25) is 15.7 Å².